The van der Waals surface area contributed by atoms with Gasteiger partial charge in [-0.05, 0) is 120 Å². The highest BCUT2D eigenvalue weighted by molar-refractivity contribution is 6.30. The van der Waals surface area contributed by atoms with Crippen molar-refractivity contribution in [2.45, 2.75) is 90.7 Å². The lowest BCUT2D eigenvalue weighted by molar-refractivity contribution is -0.137. The third-order valence-corrected chi connectivity index (χ3v) is 12.3. The standard InChI is InChI=1S/C49H67ClFN7O8/c1-5-63-43-15-9-14-41(51)40(43)33-56-27-29-57(30-28-56)45(59)44(54-48(62)64-34-35-11-7-6-8-12-35)36-18-24-55(25-19-36)26-20-37-31-38(50)16-17-42(37)58-23-10-13-39(32-58)65-46(60)52-21-22-53-47(61)66-49(2,3)4/h6-9,11-12,14-17,31,36,39,44H,5,10,13,18-30,32-34H2,1-4H3,(H,52,60)(H,53,61)(H,54,62)/t39-,44-/m1/s1. The van der Waals surface area contributed by atoms with Gasteiger partial charge in [0.15, 0.2) is 0 Å². The van der Waals surface area contributed by atoms with Gasteiger partial charge in [0, 0.05) is 75.2 Å². The van der Waals surface area contributed by atoms with E-state index in [1.807, 2.05) is 60.4 Å². The Morgan fingerprint density at radius 3 is 2.27 bits per heavy atom. The highest BCUT2D eigenvalue weighted by atomic mass is 35.5. The average molecular weight is 937 g/mol. The number of carbonyl (C=O) groups excluding carboxylic acids is 4. The van der Waals surface area contributed by atoms with Crippen LogP contribution in [0.15, 0.2) is 66.7 Å². The van der Waals surface area contributed by atoms with E-state index >= 15 is 0 Å². The summed E-state index contributed by atoms with van der Waals surface area (Å²) in [5, 5.41) is 8.95. The number of amides is 4. The van der Waals surface area contributed by atoms with Gasteiger partial charge in [0.1, 0.15) is 35.9 Å². The number of halogens is 2. The number of benzene rings is 3. The molecule has 0 aliphatic carbocycles. The Kier molecular flexibility index (Phi) is 18.6. The molecule has 66 heavy (non-hydrogen) atoms. The van der Waals surface area contributed by atoms with Gasteiger partial charge < -0.3 is 49.6 Å². The molecule has 0 radical (unpaired) electrons. The van der Waals surface area contributed by atoms with E-state index in [1.54, 1.807) is 32.9 Å². The number of hydrogen-bond donors (Lipinski definition) is 3. The van der Waals surface area contributed by atoms with Crippen LogP contribution in [0.4, 0.5) is 24.5 Å². The summed E-state index contributed by atoms with van der Waals surface area (Å²) < 4.78 is 37.2. The predicted octanol–water partition coefficient (Wildman–Crippen LogP) is 6.99. The summed E-state index contributed by atoms with van der Waals surface area (Å²) in [5.41, 5.74) is 2.90. The zero-order valence-electron chi connectivity index (χ0n) is 38.8. The van der Waals surface area contributed by atoms with E-state index < -0.39 is 29.9 Å². The topological polar surface area (TPSA) is 154 Å². The van der Waals surface area contributed by atoms with Crippen molar-refractivity contribution in [3.05, 3.63) is 94.3 Å². The lowest BCUT2D eigenvalue weighted by Gasteiger charge is -2.40. The highest BCUT2D eigenvalue weighted by Crippen LogP contribution is 2.30. The number of piperazine rings is 1. The van der Waals surface area contributed by atoms with Crippen LogP contribution in [-0.4, -0.2) is 135 Å². The third kappa shape index (κ3) is 15.4. The molecule has 3 aliphatic rings. The first-order chi connectivity index (χ1) is 31.7. The second-order valence-corrected chi connectivity index (χ2v) is 18.5. The van der Waals surface area contributed by atoms with Gasteiger partial charge in [-0.1, -0.05) is 48.0 Å². The van der Waals surface area contributed by atoms with Crippen molar-refractivity contribution in [2.24, 2.45) is 5.92 Å². The van der Waals surface area contributed by atoms with Crippen LogP contribution in [0.5, 0.6) is 5.75 Å². The van der Waals surface area contributed by atoms with Gasteiger partial charge in [0.05, 0.1) is 13.2 Å². The normalized spacial score (nSPS) is 17.9. The fraction of sp³-hybridized carbons (Fsp3) is 0.551. The molecule has 0 aromatic heterocycles. The fourth-order valence-corrected chi connectivity index (χ4v) is 8.94. The first-order valence-corrected chi connectivity index (χ1v) is 23.7. The molecule has 4 amide bonds. The van der Waals surface area contributed by atoms with Gasteiger partial charge in [0.25, 0.3) is 0 Å². The second-order valence-electron chi connectivity index (χ2n) is 18.1. The molecule has 15 nitrogen and oxygen atoms in total. The summed E-state index contributed by atoms with van der Waals surface area (Å²) >= 11 is 6.55. The number of nitrogens with one attached hydrogen (secondary N) is 3. The fourth-order valence-electron chi connectivity index (χ4n) is 8.74. The average Bonchev–Trinajstić information content (AvgIpc) is 3.29. The lowest BCUT2D eigenvalue weighted by atomic mass is 9.88. The molecule has 3 aliphatic heterocycles. The molecule has 17 heteroatoms. The minimum atomic E-state index is -0.761. The Morgan fingerprint density at radius 1 is 0.833 bits per heavy atom. The number of piperidine rings is 2. The van der Waals surface area contributed by atoms with Gasteiger partial charge in [-0.15, -0.1) is 0 Å². The van der Waals surface area contributed by atoms with E-state index in [0.29, 0.717) is 75.1 Å². The van der Waals surface area contributed by atoms with Gasteiger partial charge in [-0.2, -0.15) is 0 Å². The number of carbonyl (C=O) groups is 4. The molecule has 2 atom stereocenters. The van der Waals surface area contributed by atoms with Crippen LogP contribution < -0.4 is 25.6 Å². The Bertz CT molecular complexity index is 2060. The molecule has 3 heterocycles. The van der Waals surface area contributed by atoms with Crippen molar-refractivity contribution >= 4 is 41.5 Å². The van der Waals surface area contributed by atoms with Crippen LogP contribution in [0.3, 0.4) is 0 Å². The van der Waals surface area contributed by atoms with Crippen LogP contribution in [0, 0.1) is 11.7 Å². The van der Waals surface area contributed by atoms with Crippen molar-refractivity contribution in [1.82, 2.24) is 30.7 Å². The summed E-state index contributed by atoms with van der Waals surface area (Å²) in [5.74, 6) is -0.0201. The smallest absolute Gasteiger partial charge is 0.408 e. The van der Waals surface area contributed by atoms with E-state index in [9.17, 15) is 23.6 Å². The summed E-state index contributed by atoms with van der Waals surface area (Å²) in [6.07, 6.45) is 1.71. The minimum Gasteiger partial charge on any atom is -0.493 e. The summed E-state index contributed by atoms with van der Waals surface area (Å²) in [6, 6.07) is 19.5. The van der Waals surface area contributed by atoms with Crippen molar-refractivity contribution in [3.63, 3.8) is 0 Å². The van der Waals surface area contributed by atoms with Crippen molar-refractivity contribution < 1.29 is 42.5 Å². The Labute approximate surface area is 393 Å². The Hall–Kier alpha value is -5.32. The number of rotatable bonds is 17. The molecule has 0 unspecified atom stereocenters. The molecule has 6 rings (SSSR count). The van der Waals surface area contributed by atoms with Crippen molar-refractivity contribution in [1.29, 1.82) is 0 Å². The molecular weight excluding hydrogens is 869 g/mol. The predicted molar refractivity (Wildman–Crippen MR) is 251 cm³/mol. The van der Waals surface area contributed by atoms with E-state index in [2.05, 4.69) is 30.7 Å². The van der Waals surface area contributed by atoms with Crippen LogP contribution in [-0.2, 0) is 38.6 Å². The maximum Gasteiger partial charge on any atom is 0.408 e. The molecule has 3 N–H and O–H groups in total. The minimum absolute atomic E-state index is 0.0903. The van der Waals surface area contributed by atoms with Crippen LogP contribution in [0.1, 0.15) is 70.1 Å². The van der Waals surface area contributed by atoms with Gasteiger partial charge in [-0.3, -0.25) is 9.69 Å². The first-order valence-electron chi connectivity index (χ1n) is 23.3. The van der Waals surface area contributed by atoms with Crippen LogP contribution >= 0.6 is 11.6 Å². The largest absolute Gasteiger partial charge is 0.493 e. The lowest BCUT2D eigenvalue weighted by Crippen LogP contribution is -2.58. The number of nitrogens with zero attached hydrogens (tertiary/aromatic N) is 4. The molecule has 0 bridgehead atoms. The number of anilines is 1. The van der Waals surface area contributed by atoms with E-state index in [0.717, 1.165) is 62.3 Å². The van der Waals surface area contributed by atoms with Crippen LogP contribution in [0.2, 0.25) is 5.02 Å². The number of ether oxygens (including phenoxy) is 4. The molecule has 0 saturated carbocycles. The zero-order chi connectivity index (χ0) is 47.1. The molecule has 0 spiro atoms. The van der Waals surface area contributed by atoms with E-state index in [-0.39, 0.29) is 43.4 Å². The zero-order valence-corrected chi connectivity index (χ0v) is 39.6. The Morgan fingerprint density at radius 2 is 1.56 bits per heavy atom. The maximum absolute atomic E-state index is 14.9. The van der Waals surface area contributed by atoms with Crippen molar-refractivity contribution in [2.75, 3.05) is 83.5 Å². The maximum atomic E-state index is 14.9. The highest BCUT2D eigenvalue weighted by Gasteiger charge is 2.37. The van der Waals surface area contributed by atoms with E-state index in [4.69, 9.17) is 30.5 Å². The van der Waals surface area contributed by atoms with Gasteiger partial charge in [-0.25, -0.2) is 18.8 Å². The summed E-state index contributed by atoms with van der Waals surface area (Å²) in [7, 11) is 0. The number of hydrogen-bond acceptors (Lipinski definition) is 11. The van der Waals surface area contributed by atoms with Crippen LogP contribution in [0.25, 0.3) is 0 Å². The Balaban J connectivity index is 1.01. The first kappa shape index (κ1) is 50.1. The second kappa shape index (κ2) is 24.4. The molecule has 3 saturated heterocycles. The summed E-state index contributed by atoms with van der Waals surface area (Å²) in [4.78, 5) is 60.8. The monoisotopic (exact) mass is 935 g/mol. The number of alkyl carbamates (subject to hydrolysis) is 3. The number of likely N-dealkylation sites (tertiary alicyclic amines) is 1. The summed E-state index contributed by atoms with van der Waals surface area (Å²) in [6.45, 7) is 14.1. The molecule has 3 fully saturated rings. The van der Waals surface area contributed by atoms with Gasteiger partial charge in [0.2, 0.25) is 5.91 Å². The molecule has 360 valence electrons. The molecule has 3 aromatic rings. The van der Waals surface area contributed by atoms with Gasteiger partial charge >= 0.3 is 18.3 Å². The third-order valence-electron chi connectivity index (χ3n) is 12.1. The van der Waals surface area contributed by atoms with E-state index in [1.165, 1.54) is 6.07 Å². The molecular formula is C49H67ClFN7O8. The quantitative estimate of drug-likeness (QED) is 0.0949. The SMILES string of the molecule is CCOc1cccc(F)c1CN1CCN(C(=O)[C@H](NC(=O)OCc2ccccc2)C2CCN(CCc3cc(Cl)ccc3N3CCC[C@@H](OC(=O)NCCNC(=O)OC(C)(C)C)C3)CC2)CC1. The molecule has 3 aromatic carbocycles. The van der Waals surface area contributed by atoms with Crippen molar-refractivity contribution in [3.8, 4) is 5.75 Å².